The Bertz CT molecular complexity index is 958. The topological polar surface area (TPSA) is 150 Å². The normalized spacial score (nSPS) is 17.2. The Morgan fingerprint density at radius 1 is 1.13 bits per heavy atom. The molecule has 1 fully saturated rings. The molecule has 11 nitrogen and oxygen atoms in total. The standard InChI is InChI=1S/C18H22N2O9S/c1-3-19(14-5-6-30(26,27)11-14)16(21)10-29-18(23)13-7-12(17(22)28-4-2)8-15(9-13)20(24)25/h7-9,14H,3-6,10-11H2,1-2H3. The third kappa shape index (κ3) is 5.75. The number of nitrogens with zero attached hydrogens (tertiary/aromatic N) is 2. The summed E-state index contributed by atoms with van der Waals surface area (Å²) in [5.74, 6) is -2.61. The number of sulfone groups is 1. The number of nitro benzene ring substituents is 1. The second kappa shape index (κ2) is 9.65. The SMILES string of the molecule is CCOC(=O)c1cc(C(=O)OCC(=O)N(CC)C2CCS(=O)(=O)C2)cc([N+](=O)[O-])c1. The number of non-ortho nitro benzene ring substituents is 1. The summed E-state index contributed by atoms with van der Waals surface area (Å²) in [6, 6.07) is 2.49. The number of benzene rings is 1. The van der Waals surface area contributed by atoms with Crippen molar-refractivity contribution in [3.8, 4) is 0 Å². The van der Waals surface area contributed by atoms with E-state index in [1.54, 1.807) is 13.8 Å². The minimum absolute atomic E-state index is 0.00838. The van der Waals surface area contributed by atoms with Gasteiger partial charge in [0, 0.05) is 24.7 Å². The molecule has 1 atom stereocenters. The highest BCUT2D eigenvalue weighted by atomic mass is 32.2. The first-order chi connectivity index (χ1) is 14.1. The smallest absolute Gasteiger partial charge is 0.338 e. The number of carbonyl (C=O) groups is 3. The minimum Gasteiger partial charge on any atom is -0.462 e. The van der Waals surface area contributed by atoms with E-state index in [0.717, 1.165) is 18.2 Å². The Morgan fingerprint density at radius 2 is 1.73 bits per heavy atom. The van der Waals surface area contributed by atoms with E-state index in [2.05, 4.69) is 0 Å². The van der Waals surface area contributed by atoms with E-state index in [1.807, 2.05) is 0 Å². The predicted octanol–water partition coefficient (Wildman–Crippen LogP) is 0.964. The summed E-state index contributed by atoms with van der Waals surface area (Å²) in [6.45, 7) is 2.85. The molecular formula is C18H22N2O9S. The molecule has 0 spiro atoms. The molecule has 1 unspecified atom stereocenters. The molecule has 0 aliphatic carbocycles. The number of amides is 1. The number of rotatable bonds is 8. The minimum atomic E-state index is -3.20. The van der Waals surface area contributed by atoms with Gasteiger partial charge in [-0.25, -0.2) is 18.0 Å². The molecule has 30 heavy (non-hydrogen) atoms. The first-order valence-electron chi connectivity index (χ1n) is 9.21. The van der Waals surface area contributed by atoms with Crippen molar-refractivity contribution in [1.82, 2.24) is 4.90 Å². The van der Waals surface area contributed by atoms with Crippen molar-refractivity contribution in [3.05, 3.63) is 39.4 Å². The summed E-state index contributed by atoms with van der Waals surface area (Å²) in [5.41, 5.74) is -0.993. The van der Waals surface area contributed by atoms with Crippen LogP contribution in [-0.2, 0) is 24.1 Å². The van der Waals surface area contributed by atoms with Gasteiger partial charge in [0.05, 0.1) is 34.2 Å². The average molecular weight is 442 g/mol. The average Bonchev–Trinajstić information content (AvgIpc) is 3.05. The first-order valence-corrected chi connectivity index (χ1v) is 11.0. The molecular weight excluding hydrogens is 420 g/mol. The van der Waals surface area contributed by atoms with Crippen molar-refractivity contribution in [2.45, 2.75) is 26.3 Å². The molecule has 1 heterocycles. The van der Waals surface area contributed by atoms with Gasteiger partial charge >= 0.3 is 11.9 Å². The number of hydrogen-bond donors (Lipinski definition) is 0. The molecule has 1 aliphatic rings. The maximum atomic E-state index is 12.4. The number of ether oxygens (including phenoxy) is 2. The quantitative estimate of drug-likeness (QED) is 0.326. The summed E-state index contributed by atoms with van der Waals surface area (Å²) in [7, 11) is -3.20. The zero-order valence-electron chi connectivity index (χ0n) is 16.5. The molecule has 1 aromatic carbocycles. The van der Waals surface area contributed by atoms with Crippen LogP contribution in [0.2, 0.25) is 0 Å². The molecule has 0 saturated carbocycles. The van der Waals surface area contributed by atoms with Crippen molar-refractivity contribution in [2.24, 2.45) is 0 Å². The zero-order chi connectivity index (χ0) is 22.5. The highest BCUT2D eigenvalue weighted by Crippen LogP contribution is 2.20. The third-order valence-electron chi connectivity index (χ3n) is 4.51. The van der Waals surface area contributed by atoms with Crippen molar-refractivity contribution < 1.29 is 37.2 Å². The Labute approximate surface area is 173 Å². The van der Waals surface area contributed by atoms with Gasteiger partial charge in [0.25, 0.3) is 11.6 Å². The second-order valence-electron chi connectivity index (χ2n) is 6.56. The maximum Gasteiger partial charge on any atom is 0.338 e. The lowest BCUT2D eigenvalue weighted by atomic mass is 10.1. The zero-order valence-corrected chi connectivity index (χ0v) is 17.3. The summed E-state index contributed by atoms with van der Waals surface area (Å²) >= 11 is 0. The maximum absolute atomic E-state index is 12.4. The highest BCUT2D eigenvalue weighted by molar-refractivity contribution is 7.91. The molecule has 0 radical (unpaired) electrons. The van der Waals surface area contributed by atoms with Gasteiger partial charge in [0.15, 0.2) is 16.4 Å². The van der Waals surface area contributed by atoms with Gasteiger partial charge in [-0.2, -0.15) is 0 Å². The number of carbonyl (C=O) groups excluding carboxylic acids is 3. The van der Waals surface area contributed by atoms with Crippen LogP contribution in [0.15, 0.2) is 18.2 Å². The van der Waals surface area contributed by atoms with Gasteiger partial charge in [0.2, 0.25) is 0 Å². The van der Waals surface area contributed by atoms with E-state index in [9.17, 15) is 32.9 Å². The predicted molar refractivity (Wildman–Crippen MR) is 104 cm³/mol. The Kier molecular flexibility index (Phi) is 7.48. The van der Waals surface area contributed by atoms with Crippen LogP contribution >= 0.6 is 0 Å². The molecule has 1 aromatic rings. The van der Waals surface area contributed by atoms with Gasteiger partial charge in [-0.15, -0.1) is 0 Å². The number of hydrogen-bond acceptors (Lipinski definition) is 9. The molecule has 0 bridgehead atoms. The molecule has 1 saturated heterocycles. The van der Waals surface area contributed by atoms with E-state index in [4.69, 9.17) is 9.47 Å². The van der Waals surface area contributed by atoms with E-state index in [-0.39, 0.29) is 35.8 Å². The second-order valence-corrected chi connectivity index (χ2v) is 8.79. The molecule has 1 amide bonds. The fourth-order valence-electron chi connectivity index (χ4n) is 3.12. The Balaban J connectivity index is 2.12. The van der Waals surface area contributed by atoms with Crippen LogP contribution in [-0.4, -0.2) is 73.4 Å². The van der Waals surface area contributed by atoms with E-state index < -0.39 is 50.9 Å². The Hall–Kier alpha value is -3.02. The molecule has 2 rings (SSSR count). The van der Waals surface area contributed by atoms with E-state index >= 15 is 0 Å². The molecule has 12 heteroatoms. The van der Waals surface area contributed by atoms with Crippen molar-refractivity contribution >= 4 is 33.4 Å². The number of likely N-dealkylation sites (N-methyl/N-ethyl adjacent to an activating group) is 1. The third-order valence-corrected chi connectivity index (χ3v) is 6.26. The summed E-state index contributed by atoms with van der Waals surface area (Å²) in [6.07, 6.45) is 0.309. The van der Waals surface area contributed by atoms with Crippen LogP contribution < -0.4 is 0 Å². The van der Waals surface area contributed by atoms with Crippen LogP contribution in [0.25, 0.3) is 0 Å². The van der Waals surface area contributed by atoms with Gasteiger partial charge < -0.3 is 14.4 Å². The highest BCUT2D eigenvalue weighted by Gasteiger charge is 2.34. The lowest BCUT2D eigenvalue weighted by molar-refractivity contribution is -0.384. The van der Waals surface area contributed by atoms with Gasteiger partial charge in [0.1, 0.15) is 0 Å². The van der Waals surface area contributed by atoms with E-state index in [1.165, 1.54) is 4.90 Å². The molecule has 164 valence electrons. The van der Waals surface area contributed by atoms with Gasteiger partial charge in [-0.1, -0.05) is 0 Å². The fraction of sp³-hybridized carbons (Fsp3) is 0.500. The molecule has 0 N–H and O–H groups in total. The van der Waals surface area contributed by atoms with Gasteiger partial charge in [-0.3, -0.25) is 14.9 Å². The molecule has 1 aliphatic heterocycles. The summed E-state index contributed by atoms with van der Waals surface area (Å²) in [5, 5.41) is 11.1. The Morgan fingerprint density at radius 3 is 2.20 bits per heavy atom. The van der Waals surface area contributed by atoms with Gasteiger partial charge in [-0.05, 0) is 26.3 Å². The number of nitro groups is 1. The largest absolute Gasteiger partial charge is 0.462 e. The first kappa shape index (κ1) is 23.3. The van der Waals surface area contributed by atoms with E-state index in [0.29, 0.717) is 6.42 Å². The lowest BCUT2D eigenvalue weighted by Crippen LogP contribution is -2.43. The van der Waals surface area contributed by atoms with Crippen molar-refractivity contribution in [1.29, 1.82) is 0 Å². The van der Waals surface area contributed by atoms with Crippen molar-refractivity contribution in [2.75, 3.05) is 31.3 Å². The van der Waals surface area contributed by atoms with Crippen molar-refractivity contribution in [3.63, 3.8) is 0 Å². The van der Waals surface area contributed by atoms with Crippen LogP contribution in [0.4, 0.5) is 5.69 Å². The summed E-state index contributed by atoms with van der Waals surface area (Å²) < 4.78 is 33.0. The van der Waals surface area contributed by atoms with Crippen LogP contribution in [0.3, 0.4) is 0 Å². The van der Waals surface area contributed by atoms with Crippen LogP contribution in [0, 0.1) is 10.1 Å². The fourth-order valence-corrected chi connectivity index (χ4v) is 4.85. The number of esters is 2. The van der Waals surface area contributed by atoms with Crippen LogP contribution in [0.5, 0.6) is 0 Å². The monoisotopic (exact) mass is 442 g/mol. The van der Waals surface area contributed by atoms with Crippen LogP contribution in [0.1, 0.15) is 41.0 Å². The molecule has 0 aromatic heterocycles. The summed E-state index contributed by atoms with van der Waals surface area (Å²) in [4.78, 5) is 48.3. The lowest BCUT2D eigenvalue weighted by Gasteiger charge is -2.26.